The number of pyridine rings is 1. The molecule has 0 N–H and O–H groups in total. The van der Waals surface area contributed by atoms with E-state index in [4.69, 9.17) is 9.72 Å². The number of anilines is 4. The lowest BCUT2D eigenvalue weighted by atomic mass is 9.71. The summed E-state index contributed by atoms with van der Waals surface area (Å²) in [6, 6.07) is 29.1. The summed E-state index contributed by atoms with van der Waals surface area (Å²) in [5.74, 6) is 7.61. The van der Waals surface area contributed by atoms with Gasteiger partial charge in [-0.05, 0) is 66.9 Å². The maximum absolute atomic E-state index is 6.48. The maximum atomic E-state index is 6.48. The number of fused-ring (bicyclic) bond motifs is 18. The third-order valence-corrected chi connectivity index (χ3v) is 8.00. The minimum atomic E-state index is -0.160. The van der Waals surface area contributed by atoms with Crippen LogP contribution in [0.15, 0.2) is 134 Å². The molecule has 9 rings (SSSR count). The van der Waals surface area contributed by atoms with Gasteiger partial charge >= 0.3 is 14.0 Å². The van der Waals surface area contributed by atoms with Gasteiger partial charge in [-0.15, -0.1) is 0 Å². The number of nitrogens with zero attached hydrogens (tertiary/aromatic N) is 6. The number of imidazole rings is 1. The molecule has 3 aromatic carbocycles. The molecular weight excluding hydrogens is 506 g/mol. The minimum Gasteiger partial charge on any atom is -0.458 e. The Hall–Kier alpha value is -5.43. The average Bonchev–Trinajstić information content (AvgIpc) is 3.57. The molecule has 0 saturated carbocycles. The van der Waals surface area contributed by atoms with Crippen LogP contribution >= 0.6 is 0 Å². The largest absolute Gasteiger partial charge is 0.516 e. The molecule has 6 heterocycles. The molecule has 0 radical (unpaired) electrons. The van der Waals surface area contributed by atoms with E-state index >= 15 is 0 Å². The number of para-hydroxylation sites is 2. The molecular formula is C32H22B2N6O. The summed E-state index contributed by atoms with van der Waals surface area (Å²) in [4.78, 5) is 12.0. The highest BCUT2D eigenvalue weighted by molar-refractivity contribution is 6.76. The standard InChI is InChI=1S/C32H22B2N6O/c1-2-12-28-27(11-1)36-23-39(28)33-17-3-6-20-38(33)31-13-8-14-32(35-31)40-30-22-26(41-25-10-7-9-24(36)21-25)15-16-29(30)37-19-5-4-18-34(37)40/h1-22H. The zero-order valence-corrected chi connectivity index (χ0v) is 21.9. The quantitative estimate of drug-likeness (QED) is 0.189. The van der Waals surface area contributed by atoms with Crippen LogP contribution in [0.4, 0.5) is 23.0 Å². The fourth-order valence-corrected chi connectivity index (χ4v) is 6.19. The minimum absolute atomic E-state index is 0.0245. The van der Waals surface area contributed by atoms with Gasteiger partial charge in [-0.2, -0.15) is 0 Å². The first-order valence-corrected chi connectivity index (χ1v) is 13.7. The summed E-state index contributed by atoms with van der Waals surface area (Å²) in [7, 11) is 0. The van der Waals surface area contributed by atoms with Crippen molar-refractivity contribution in [2.45, 2.75) is 0 Å². The third kappa shape index (κ3) is 3.35. The van der Waals surface area contributed by atoms with E-state index in [1.165, 1.54) is 0 Å². The lowest BCUT2D eigenvalue weighted by molar-refractivity contribution is -0.512. The van der Waals surface area contributed by atoms with Crippen molar-refractivity contribution in [2.75, 3.05) is 14.4 Å². The first-order valence-electron chi connectivity index (χ1n) is 13.7. The Bertz CT molecular complexity index is 2000. The molecule has 7 nitrogen and oxygen atoms in total. The number of benzene rings is 3. The van der Waals surface area contributed by atoms with Crippen LogP contribution in [0.2, 0.25) is 0 Å². The molecule has 0 aliphatic carbocycles. The Morgan fingerprint density at radius 2 is 1.54 bits per heavy atom. The second-order valence-electron chi connectivity index (χ2n) is 10.4. The van der Waals surface area contributed by atoms with Crippen molar-refractivity contribution in [1.82, 2.24) is 9.55 Å². The van der Waals surface area contributed by atoms with Crippen LogP contribution in [0.5, 0.6) is 11.5 Å². The summed E-state index contributed by atoms with van der Waals surface area (Å²) in [6.07, 6.45) is 16.2. The van der Waals surface area contributed by atoms with Gasteiger partial charge in [-0.1, -0.05) is 60.6 Å². The molecule has 9 heteroatoms. The second kappa shape index (κ2) is 8.53. The van der Waals surface area contributed by atoms with Gasteiger partial charge in [0.1, 0.15) is 23.1 Å². The van der Waals surface area contributed by atoms with Gasteiger partial charge in [0.05, 0.1) is 22.6 Å². The van der Waals surface area contributed by atoms with Gasteiger partial charge < -0.3 is 28.2 Å². The fourth-order valence-electron chi connectivity index (χ4n) is 6.19. The van der Waals surface area contributed by atoms with Gasteiger partial charge in [-0.3, -0.25) is 0 Å². The second-order valence-corrected chi connectivity index (χ2v) is 10.4. The van der Waals surface area contributed by atoms with Crippen LogP contribution in [0.1, 0.15) is 0 Å². The Balaban J connectivity index is 1.31. The number of allylic oxidation sites excluding steroid dienone is 4. The lowest BCUT2D eigenvalue weighted by Crippen LogP contribution is -2.60. The van der Waals surface area contributed by atoms with Gasteiger partial charge in [0, 0.05) is 11.6 Å². The fraction of sp³-hybridized carbons (Fsp3) is 0. The van der Waals surface area contributed by atoms with E-state index in [1.54, 1.807) is 0 Å². The lowest BCUT2D eigenvalue weighted by Gasteiger charge is -2.29. The van der Waals surface area contributed by atoms with Crippen molar-refractivity contribution < 1.29 is 9.21 Å². The van der Waals surface area contributed by atoms with E-state index in [-0.39, 0.29) is 14.0 Å². The number of hydrogen-bond acceptors (Lipinski definition) is 5. The molecule has 0 fully saturated rings. The van der Waals surface area contributed by atoms with Gasteiger partial charge in [-0.25, -0.2) is 4.98 Å². The van der Waals surface area contributed by atoms with Crippen molar-refractivity contribution >= 4 is 48.0 Å². The Morgan fingerprint density at radius 3 is 2.51 bits per heavy atom. The van der Waals surface area contributed by atoms with E-state index in [0.717, 1.165) is 51.2 Å². The topological polar surface area (TPSA) is 40.7 Å². The molecule has 4 aliphatic heterocycles. The Labute approximate surface area is 238 Å². The normalized spacial score (nSPS) is 15.9. The molecule has 0 unspecified atom stereocenters. The molecule has 192 valence electrons. The van der Waals surface area contributed by atoms with E-state index in [1.807, 2.05) is 18.2 Å². The SMILES string of the molecule is [c-]1n2c3ccccc3[n+]1B1C=CC=CN1c1cccc(n1)N1B3C=CC=CN3c3ccc(cc31)Oc1cccc-2c1. The summed E-state index contributed by atoms with van der Waals surface area (Å²) < 4.78 is 10.8. The predicted octanol–water partition coefficient (Wildman–Crippen LogP) is 5.75. The van der Waals surface area contributed by atoms with E-state index < -0.39 is 0 Å². The van der Waals surface area contributed by atoms with E-state index in [2.05, 4.69) is 145 Å². The van der Waals surface area contributed by atoms with Crippen LogP contribution in [-0.4, -0.2) is 23.5 Å². The smallest absolute Gasteiger partial charge is 0.458 e. The van der Waals surface area contributed by atoms with Crippen LogP contribution in [0, 0.1) is 6.33 Å². The Morgan fingerprint density at radius 1 is 0.707 bits per heavy atom. The van der Waals surface area contributed by atoms with Gasteiger partial charge in [0.15, 0.2) is 0 Å². The molecule has 0 spiro atoms. The highest BCUT2D eigenvalue weighted by Gasteiger charge is 2.41. The number of rotatable bonds is 0. The monoisotopic (exact) mass is 528 g/mol. The zero-order chi connectivity index (χ0) is 26.9. The summed E-state index contributed by atoms with van der Waals surface area (Å²) in [5.41, 5.74) is 5.26. The highest BCUT2D eigenvalue weighted by Crippen LogP contribution is 2.46. The maximum Gasteiger partial charge on any atom is 0.516 e. The van der Waals surface area contributed by atoms with Crippen molar-refractivity contribution in [3.63, 3.8) is 0 Å². The first kappa shape index (κ1) is 22.4. The van der Waals surface area contributed by atoms with Gasteiger partial charge in [0.25, 0.3) is 0 Å². The average molecular weight is 528 g/mol. The first-order chi connectivity index (χ1) is 20.3. The van der Waals surface area contributed by atoms with Crippen molar-refractivity contribution in [3.05, 3.63) is 140 Å². The van der Waals surface area contributed by atoms with E-state index in [0.29, 0.717) is 0 Å². The van der Waals surface area contributed by atoms with Gasteiger partial charge in [0.2, 0.25) is 6.33 Å². The molecule has 0 amide bonds. The number of hydrogen-bond donors (Lipinski definition) is 0. The summed E-state index contributed by atoms with van der Waals surface area (Å²) in [6.45, 7) is -0.184. The van der Waals surface area contributed by atoms with Crippen molar-refractivity contribution in [3.8, 4) is 17.2 Å². The molecule has 4 aliphatic rings. The zero-order valence-electron chi connectivity index (χ0n) is 21.9. The van der Waals surface area contributed by atoms with Crippen LogP contribution in [0.3, 0.4) is 0 Å². The molecule has 0 saturated heterocycles. The molecule has 5 aromatic rings. The predicted molar refractivity (Wildman–Crippen MR) is 164 cm³/mol. The van der Waals surface area contributed by atoms with Crippen molar-refractivity contribution in [1.29, 1.82) is 0 Å². The van der Waals surface area contributed by atoms with Crippen LogP contribution in [0.25, 0.3) is 16.7 Å². The number of aromatic nitrogens is 3. The van der Waals surface area contributed by atoms with Crippen LogP contribution < -0.4 is 23.6 Å². The molecule has 0 atom stereocenters. The Kier molecular flexibility index (Phi) is 4.66. The molecule has 41 heavy (non-hydrogen) atoms. The summed E-state index contributed by atoms with van der Waals surface area (Å²) in [5, 5.41) is 0. The highest BCUT2D eigenvalue weighted by atomic mass is 16.5. The molecule has 8 bridgehead atoms. The summed E-state index contributed by atoms with van der Waals surface area (Å²) >= 11 is 0. The number of ether oxygens (including phenoxy) is 1. The third-order valence-electron chi connectivity index (χ3n) is 8.00. The molecule has 2 aromatic heterocycles. The van der Waals surface area contributed by atoms with Crippen molar-refractivity contribution in [2.24, 2.45) is 0 Å². The van der Waals surface area contributed by atoms with E-state index in [9.17, 15) is 0 Å². The van der Waals surface area contributed by atoms with Crippen LogP contribution in [-0.2, 0) is 0 Å².